The number of carbonyl (C=O) groups is 1. The van der Waals surface area contributed by atoms with Gasteiger partial charge in [0.1, 0.15) is 4.90 Å². The van der Waals surface area contributed by atoms with E-state index >= 15 is 0 Å². The van der Waals surface area contributed by atoms with E-state index in [0.717, 1.165) is 0 Å². The zero-order valence-corrected chi connectivity index (χ0v) is 11.7. The summed E-state index contributed by atoms with van der Waals surface area (Å²) < 4.78 is 28.0. The Morgan fingerprint density at radius 2 is 2.10 bits per heavy atom. The van der Waals surface area contributed by atoms with Crippen LogP contribution in [0.2, 0.25) is 0 Å². The monoisotopic (exact) mass is 295 g/mol. The number of nitrogens with zero attached hydrogens (tertiary/aromatic N) is 2. The standard InChI is InChI=1S/C12H13N3O4S/c1-8-10(12(16)17)4-3-5-11(8)14-20(18,19)9-6-13-15(2)7-9/h3-7,14H,1-2H3,(H,16,17). The van der Waals surface area contributed by atoms with Crippen LogP contribution in [0.3, 0.4) is 0 Å². The highest BCUT2D eigenvalue weighted by molar-refractivity contribution is 7.92. The minimum atomic E-state index is -3.78. The first-order valence-electron chi connectivity index (χ1n) is 5.65. The highest BCUT2D eigenvalue weighted by Gasteiger charge is 2.18. The molecule has 0 aliphatic carbocycles. The van der Waals surface area contributed by atoms with Crippen LogP contribution in [0.5, 0.6) is 0 Å². The average Bonchev–Trinajstić information content (AvgIpc) is 2.79. The van der Waals surface area contributed by atoms with Crippen LogP contribution in [0.1, 0.15) is 15.9 Å². The molecule has 0 amide bonds. The summed E-state index contributed by atoms with van der Waals surface area (Å²) in [5.41, 5.74) is 0.637. The minimum absolute atomic E-state index is 0.0140. The van der Waals surface area contributed by atoms with Crippen LogP contribution >= 0.6 is 0 Å². The molecule has 0 bridgehead atoms. The van der Waals surface area contributed by atoms with Crippen molar-refractivity contribution in [3.63, 3.8) is 0 Å². The van der Waals surface area contributed by atoms with Gasteiger partial charge in [-0.3, -0.25) is 9.40 Å². The van der Waals surface area contributed by atoms with E-state index in [1.165, 1.54) is 35.3 Å². The summed E-state index contributed by atoms with van der Waals surface area (Å²) in [6, 6.07) is 4.41. The van der Waals surface area contributed by atoms with E-state index in [-0.39, 0.29) is 16.1 Å². The Labute approximate surface area is 115 Å². The first-order valence-corrected chi connectivity index (χ1v) is 7.14. The fourth-order valence-electron chi connectivity index (χ4n) is 1.72. The topological polar surface area (TPSA) is 101 Å². The zero-order chi connectivity index (χ0) is 14.9. The number of carboxylic acids is 1. The van der Waals surface area contributed by atoms with Crippen molar-refractivity contribution < 1.29 is 18.3 Å². The van der Waals surface area contributed by atoms with E-state index in [2.05, 4.69) is 9.82 Å². The summed E-state index contributed by atoms with van der Waals surface area (Å²) in [5, 5.41) is 12.8. The molecule has 0 radical (unpaired) electrons. The molecular weight excluding hydrogens is 282 g/mol. The van der Waals surface area contributed by atoms with Crippen LogP contribution in [0, 0.1) is 6.92 Å². The van der Waals surface area contributed by atoms with Gasteiger partial charge in [-0.25, -0.2) is 13.2 Å². The molecule has 0 unspecified atom stereocenters. The van der Waals surface area contributed by atoms with Crippen LogP contribution < -0.4 is 4.72 Å². The summed E-state index contributed by atoms with van der Waals surface area (Å²) in [5.74, 6) is -1.11. The van der Waals surface area contributed by atoms with Crippen molar-refractivity contribution in [1.29, 1.82) is 0 Å². The first-order chi connectivity index (χ1) is 9.31. The minimum Gasteiger partial charge on any atom is -0.478 e. The van der Waals surface area contributed by atoms with Gasteiger partial charge in [0.25, 0.3) is 10.0 Å². The number of hydrogen-bond donors (Lipinski definition) is 2. The SMILES string of the molecule is Cc1c(NS(=O)(=O)c2cnn(C)c2)cccc1C(=O)O. The molecule has 2 rings (SSSR count). The fraction of sp³-hybridized carbons (Fsp3) is 0.167. The van der Waals surface area contributed by atoms with E-state index in [0.29, 0.717) is 5.56 Å². The van der Waals surface area contributed by atoms with Gasteiger partial charge in [0.2, 0.25) is 0 Å². The normalized spacial score (nSPS) is 11.3. The Balaban J connectivity index is 2.40. The Morgan fingerprint density at radius 3 is 2.65 bits per heavy atom. The Bertz CT molecular complexity index is 765. The molecule has 7 nitrogen and oxygen atoms in total. The number of benzene rings is 1. The number of carboxylic acid groups (broad SMARTS) is 1. The molecule has 0 saturated carbocycles. The number of hydrogen-bond acceptors (Lipinski definition) is 4. The predicted octanol–water partition coefficient (Wildman–Crippen LogP) is 1.23. The van der Waals surface area contributed by atoms with Crippen molar-refractivity contribution in [1.82, 2.24) is 9.78 Å². The third-order valence-corrected chi connectivity index (χ3v) is 4.12. The number of aryl methyl sites for hydroxylation is 1. The Morgan fingerprint density at radius 1 is 1.40 bits per heavy atom. The summed E-state index contributed by atoms with van der Waals surface area (Å²) in [4.78, 5) is 11.0. The van der Waals surface area contributed by atoms with Crippen LogP contribution in [0.4, 0.5) is 5.69 Å². The van der Waals surface area contributed by atoms with Crippen molar-refractivity contribution in [2.75, 3.05) is 4.72 Å². The lowest BCUT2D eigenvalue weighted by atomic mass is 10.1. The second kappa shape index (κ2) is 4.97. The Hall–Kier alpha value is -2.35. The maximum atomic E-state index is 12.1. The van der Waals surface area contributed by atoms with Gasteiger partial charge in [0, 0.05) is 13.2 Å². The van der Waals surface area contributed by atoms with Crippen LogP contribution in [0.25, 0.3) is 0 Å². The van der Waals surface area contributed by atoms with Crippen molar-refractivity contribution in [2.45, 2.75) is 11.8 Å². The number of aromatic carboxylic acids is 1. The highest BCUT2D eigenvalue weighted by atomic mass is 32.2. The molecule has 0 aliphatic heterocycles. The van der Waals surface area contributed by atoms with Crippen LogP contribution in [-0.4, -0.2) is 29.3 Å². The summed E-state index contributed by atoms with van der Waals surface area (Å²) in [6.45, 7) is 1.55. The number of nitrogens with one attached hydrogen (secondary N) is 1. The van der Waals surface area contributed by atoms with Gasteiger partial charge in [0.05, 0.1) is 17.4 Å². The van der Waals surface area contributed by atoms with E-state index in [1.807, 2.05) is 0 Å². The third kappa shape index (κ3) is 2.64. The van der Waals surface area contributed by atoms with Gasteiger partial charge in [-0.05, 0) is 24.6 Å². The second-order valence-electron chi connectivity index (χ2n) is 4.24. The summed E-state index contributed by atoms with van der Waals surface area (Å²) in [7, 11) is -2.18. The van der Waals surface area contributed by atoms with E-state index in [4.69, 9.17) is 5.11 Å². The lowest BCUT2D eigenvalue weighted by Crippen LogP contribution is -2.14. The molecule has 8 heteroatoms. The zero-order valence-electron chi connectivity index (χ0n) is 10.9. The van der Waals surface area contributed by atoms with Gasteiger partial charge < -0.3 is 5.11 Å². The van der Waals surface area contributed by atoms with Crippen molar-refractivity contribution in [3.05, 3.63) is 41.7 Å². The number of rotatable bonds is 4. The molecule has 0 aliphatic rings. The molecular formula is C12H13N3O4S. The molecule has 2 N–H and O–H groups in total. The van der Waals surface area contributed by atoms with Gasteiger partial charge in [-0.1, -0.05) is 6.07 Å². The van der Waals surface area contributed by atoms with Crippen molar-refractivity contribution in [3.8, 4) is 0 Å². The van der Waals surface area contributed by atoms with Gasteiger partial charge in [-0.2, -0.15) is 5.10 Å². The third-order valence-electron chi connectivity index (χ3n) is 2.80. The molecule has 1 aromatic carbocycles. The lowest BCUT2D eigenvalue weighted by molar-refractivity contribution is 0.0696. The molecule has 0 spiro atoms. The van der Waals surface area contributed by atoms with Crippen LogP contribution in [0.15, 0.2) is 35.5 Å². The fourth-order valence-corrected chi connectivity index (χ4v) is 2.82. The smallest absolute Gasteiger partial charge is 0.336 e. The largest absolute Gasteiger partial charge is 0.478 e. The maximum absolute atomic E-state index is 12.1. The maximum Gasteiger partial charge on any atom is 0.336 e. The average molecular weight is 295 g/mol. The lowest BCUT2D eigenvalue weighted by Gasteiger charge is -2.10. The molecule has 1 heterocycles. The van der Waals surface area contributed by atoms with Crippen molar-refractivity contribution >= 4 is 21.7 Å². The van der Waals surface area contributed by atoms with Crippen molar-refractivity contribution in [2.24, 2.45) is 7.05 Å². The molecule has 0 fully saturated rings. The quantitative estimate of drug-likeness (QED) is 0.883. The molecule has 1 aromatic heterocycles. The molecule has 0 atom stereocenters. The van der Waals surface area contributed by atoms with Gasteiger partial charge in [-0.15, -0.1) is 0 Å². The molecule has 106 valence electrons. The molecule has 2 aromatic rings. The molecule has 20 heavy (non-hydrogen) atoms. The number of anilines is 1. The first kappa shape index (κ1) is 14.1. The predicted molar refractivity (Wildman–Crippen MR) is 72.2 cm³/mol. The summed E-state index contributed by atoms with van der Waals surface area (Å²) >= 11 is 0. The molecule has 0 saturated heterocycles. The summed E-state index contributed by atoms with van der Waals surface area (Å²) in [6.07, 6.45) is 2.58. The highest BCUT2D eigenvalue weighted by Crippen LogP contribution is 2.22. The Kier molecular flexibility index (Phi) is 3.49. The number of sulfonamides is 1. The van der Waals surface area contributed by atoms with E-state index < -0.39 is 16.0 Å². The second-order valence-corrected chi connectivity index (χ2v) is 5.92. The van der Waals surface area contributed by atoms with Gasteiger partial charge in [0.15, 0.2) is 0 Å². The van der Waals surface area contributed by atoms with Crippen LogP contribution in [-0.2, 0) is 17.1 Å². The number of aromatic nitrogens is 2. The van der Waals surface area contributed by atoms with E-state index in [1.54, 1.807) is 14.0 Å². The van der Waals surface area contributed by atoms with E-state index in [9.17, 15) is 13.2 Å². The van der Waals surface area contributed by atoms with Gasteiger partial charge >= 0.3 is 5.97 Å².